The molecule has 2 rings (SSSR count). The van der Waals surface area contributed by atoms with Crippen molar-refractivity contribution in [2.75, 3.05) is 6.61 Å². The van der Waals surface area contributed by atoms with Gasteiger partial charge in [0, 0.05) is 27.4 Å². The number of nitrogens with zero attached hydrogens (tertiary/aromatic N) is 1. The van der Waals surface area contributed by atoms with Crippen LogP contribution < -0.4 is 4.87 Å². The topological polar surface area (TPSA) is 42.2 Å². The summed E-state index contributed by atoms with van der Waals surface area (Å²) in [6.45, 7) is 4.59. The molecule has 2 heterocycles. The van der Waals surface area contributed by atoms with E-state index in [0.29, 0.717) is 13.0 Å². The maximum Gasteiger partial charge on any atom is 0.307 e. The number of thiophene rings is 1. The van der Waals surface area contributed by atoms with Crippen LogP contribution in [0.4, 0.5) is 0 Å². The van der Waals surface area contributed by atoms with Gasteiger partial charge in [-0.2, -0.15) is 0 Å². The molecule has 2 aromatic heterocycles. The molecule has 0 aromatic carbocycles. The fourth-order valence-electron chi connectivity index (χ4n) is 1.70. The van der Waals surface area contributed by atoms with Crippen LogP contribution in [0.1, 0.15) is 27.4 Å². The number of aliphatic hydroxyl groups excluding tert-OH is 1. The fraction of sp³-hybridized carbons (Fsp3) is 0.357. The molecular formula is C14H15NO2S2. The van der Waals surface area contributed by atoms with Gasteiger partial charge in [0.15, 0.2) is 0 Å². The highest BCUT2D eigenvalue weighted by Gasteiger charge is 2.10. The summed E-state index contributed by atoms with van der Waals surface area (Å²) in [6, 6.07) is 1.96. The van der Waals surface area contributed by atoms with Gasteiger partial charge in [-0.15, -0.1) is 11.3 Å². The van der Waals surface area contributed by atoms with Gasteiger partial charge >= 0.3 is 4.87 Å². The van der Waals surface area contributed by atoms with Crippen LogP contribution in [-0.2, 0) is 6.54 Å². The Hall–Kier alpha value is -1.35. The molecule has 0 fully saturated rings. The smallest absolute Gasteiger partial charge is 0.307 e. The molecule has 1 N–H and O–H groups in total. The van der Waals surface area contributed by atoms with E-state index >= 15 is 0 Å². The van der Waals surface area contributed by atoms with E-state index in [4.69, 9.17) is 5.11 Å². The molecule has 0 bridgehead atoms. The first kappa shape index (κ1) is 14.1. The minimum atomic E-state index is 0.0781. The van der Waals surface area contributed by atoms with Crippen molar-refractivity contribution in [1.82, 2.24) is 4.57 Å². The Bertz CT molecular complexity index is 682. The summed E-state index contributed by atoms with van der Waals surface area (Å²) in [7, 11) is 0. The van der Waals surface area contributed by atoms with Crippen molar-refractivity contribution in [1.29, 1.82) is 0 Å². The molecule has 0 unspecified atom stereocenters. The molecule has 2 aromatic rings. The van der Waals surface area contributed by atoms with Gasteiger partial charge in [-0.25, -0.2) is 0 Å². The summed E-state index contributed by atoms with van der Waals surface area (Å²) in [5.74, 6) is 5.97. The standard InChI is InChI=1S/C14H15NO2S2/c1-10-11(2)19-14(17)15(10)9-13-12(6-8-18-13)5-3-4-7-16/h6,8,16H,4,7,9H2,1-2H3. The molecule has 19 heavy (non-hydrogen) atoms. The fourth-order valence-corrected chi connectivity index (χ4v) is 3.35. The van der Waals surface area contributed by atoms with E-state index in [0.717, 1.165) is 21.0 Å². The van der Waals surface area contributed by atoms with Crippen molar-refractivity contribution >= 4 is 22.7 Å². The molecule has 100 valence electrons. The van der Waals surface area contributed by atoms with Crippen molar-refractivity contribution in [2.45, 2.75) is 26.8 Å². The molecular weight excluding hydrogens is 278 g/mol. The summed E-state index contributed by atoms with van der Waals surface area (Å²) >= 11 is 2.90. The van der Waals surface area contributed by atoms with Gasteiger partial charge in [-0.1, -0.05) is 23.2 Å². The average Bonchev–Trinajstić information content (AvgIpc) is 2.91. The van der Waals surface area contributed by atoms with Gasteiger partial charge < -0.3 is 5.11 Å². The molecule has 0 spiro atoms. The van der Waals surface area contributed by atoms with Crippen molar-refractivity contribution in [3.63, 3.8) is 0 Å². The second-order valence-electron chi connectivity index (χ2n) is 4.13. The quantitative estimate of drug-likeness (QED) is 0.883. The molecule has 3 nitrogen and oxygen atoms in total. The monoisotopic (exact) mass is 293 g/mol. The van der Waals surface area contributed by atoms with E-state index in [2.05, 4.69) is 11.8 Å². The second kappa shape index (κ2) is 6.20. The lowest BCUT2D eigenvalue weighted by molar-refractivity contribution is 0.305. The lowest BCUT2D eigenvalue weighted by Crippen LogP contribution is -2.15. The van der Waals surface area contributed by atoms with Crippen LogP contribution in [0, 0.1) is 25.7 Å². The largest absolute Gasteiger partial charge is 0.395 e. The van der Waals surface area contributed by atoms with Crippen LogP contribution in [0.5, 0.6) is 0 Å². The Morgan fingerprint density at radius 1 is 1.42 bits per heavy atom. The van der Waals surface area contributed by atoms with E-state index in [1.165, 1.54) is 11.3 Å². The predicted molar refractivity (Wildman–Crippen MR) is 80.1 cm³/mol. The van der Waals surface area contributed by atoms with Crippen LogP contribution in [-0.4, -0.2) is 16.3 Å². The number of thiazole rings is 1. The van der Waals surface area contributed by atoms with E-state index in [1.807, 2.05) is 25.3 Å². The SMILES string of the molecule is Cc1sc(=O)n(Cc2sccc2C#CCCO)c1C. The Morgan fingerprint density at radius 2 is 2.21 bits per heavy atom. The van der Waals surface area contributed by atoms with Gasteiger partial charge in [-0.3, -0.25) is 9.36 Å². The van der Waals surface area contributed by atoms with E-state index in [9.17, 15) is 4.79 Å². The Balaban J connectivity index is 2.28. The first-order valence-corrected chi connectivity index (χ1v) is 7.66. The van der Waals surface area contributed by atoms with Crippen molar-refractivity contribution in [3.8, 4) is 11.8 Å². The van der Waals surface area contributed by atoms with Crippen molar-refractivity contribution in [2.24, 2.45) is 0 Å². The zero-order valence-electron chi connectivity index (χ0n) is 10.9. The highest BCUT2D eigenvalue weighted by atomic mass is 32.1. The zero-order valence-corrected chi connectivity index (χ0v) is 12.5. The summed E-state index contributed by atoms with van der Waals surface area (Å²) in [4.78, 5) is 14.1. The van der Waals surface area contributed by atoms with Gasteiger partial charge in [0.25, 0.3) is 0 Å². The van der Waals surface area contributed by atoms with Gasteiger partial charge in [-0.05, 0) is 25.3 Å². The lowest BCUT2D eigenvalue weighted by atomic mass is 10.2. The normalized spacial score (nSPS) is 10.3. The summed E-state index contributed by atoms with van der Waals surface area (Å²) < 4.78 is 1.79. The molecule has 0 saturated carbocycles. The number of rotatable bonds is 3. The maximum atomic E-state index is 11.9. The second-order valence-corrected chi connectivity index (χ2v) is 6.29. The van der Waals surface area contributed by atoms with Crippen molar-refractivity contribution in [3.05, 3.63) is 42.1 Å². The molecule has 0 saturated heterocycles. The third-order valence-electron chi connectivity index (χ3n) is 2.88. The third-order valence-corrected chi connectivity index (χ3v) is 4.78. The van der Waals surface area contributed by atoms with Crippen LogP contribution in [0.2, 0.25) is 0 Å². The highest BCUT2D eigenvalue weighted by Crippen LogP contribution is 2.19. The number of hydrogen-bond acceptors (Lipinski definition) is 4. The molecule has 5 heteroatoms. The lowest BCUT2D eigenvalue weighted by Gasteiger charge is -2.03. The molecule has 0 radical (unpaired) electrons. The molecule has 0 atom stereocenters. The van der Waals surface area contributed by atoms with Gasteiger partial charge in [0.2, 0.25) is 0 Å². The zero-order chi connectivity index (χ0) is 13.8. The molecule has 0 aliphatic carbocycles. The van der Waals surface area contributed by atoms with E-state index < -0.39 is 0 Å². The molecule has 0 amide bonds. The molecule has 0 aliphatic heterocycles. The predicted octanol–water partition coefficient (Wildman–Crippen LogP) is 2.37. The first-order valence-electron chi connectivity index (χ1n) is 5.96. The Labute approximate surface area is 120 Å². The van der Waals surface area contributed by atoms with Crippen LogP contribution >= 0.6 is 22.7 Å². The molecule has 0 aliphatic rings. The Kier molecular flexibility index (Phi) is 4.59. The van der Waals surface area contributed by atoms with E-state index in [-0.39, 0.29) is 11.5 Å². The highest BCUT2D eigenvalue weighted by molar-refractivity contribution is 7.10. The average molecular weight is 293 g/mol. The van der Waals surface area contributed by atoms with Crippen LogP contribution in [0.15, 0.2) is 16.2 Å². The number of aromatic nitrogens is 1. The van der Waals surface area contributed by atoms with Crippen molar-refractivity contribution < 1.29 is 5.11 Å². The first-order chi connectivity index (χ1) is 9.13. The van der Waals surface area contributed by atoms with Crippen LogP contribution in [0.25, 0.3) is 0 Å². The van der Waals surface area contributed by atoms with E-state index in [1.54, 1.807) is 15.9 Å². The summed E-state index contributed by atoms with van der Waals surface area (Å²) in [6.07, 6.45) is 0.478. The number of aryl methyl sites for hydroxylation is 1. The van der Waals surface area contributed by atoms with Crippen LogP contribution in [0.3, 0.4) is 0 Å². The maximum absolute atomic E-state index is 11.9. The van der Waals surface area contributed by atoms with Gasteiger partial charge in [0.1, 0.15) is 0 Å². The minimum absolute atomic E-state index is 0.0781. The van der Waals surface area contributed by atoms with Gasteiger partial charge in [0.05, 0.1) is 13.2 Å². The summed E-state index contributed by atoms with van der Waals surface area (Å²) in [5, 5.41) is 10.7. The minimum Gasteiger partial charge on any atom is -0.395 e. The number of hydrogen-bond donors (Lipinski definition) is 1. The Morgan fingerprint density at radius 3 is 2.84 bits per heavy atom. The summed E-state index contributed by atoms with van der Waals surface area (Å²) in [5.41, 5.74) is 1.98. The third kappa shape index (κ3) is 3.16. The number of aliphatic hydroxyl groups is 1.